The van der Waals surface area contributed by atoms with Gasteiger partial charge in [0.2, 0.25) is 5.91 Å². The third kappa shape index (κ3) is 3.87. The fourth-order valence-electron chi connectivity index (χ4n) is 3.29. The smallest absolute Gasteiger partial charge is 0.351 e. The van der Waals surface area contributed by atoms with Crippen LogP contribution in [0.2, 0.25) is 0 Å². The van der Waals surface area contributed by atoms with Gasteiger partial charge in [0.05, 0.1) is 12.0 Å². The Balaban J connectivity index is 1.94. The van der Waals surface area contributed by atoms with Crippen molar-refractivity contribution in [2.24, 2.45) is 11.8 Å². The molecule has 116 valence electrons. The second-order valence-electron chi connectivity index (χ2n) is 6.18. The largest absolute Gasteiger partial charge is 0.393 e. The second kappa shape index (κ2) is 6.33. The molecular formula is C14H23F3N2O. The fraction of sp³-hybridized carbons (Fsp3) is 0.929. The third-order valence-corrected chi connectivity index (χ3v) is 4.50. The summed E-state index contributed by atoms with van der Waals surface area (Å²) in [5, 5.41) is 5.74. The van der Waals surface area contributed by atoms with Crippen LogP contribution in [-0.2, 0) is 4.79 Å². The maximum atomic E-state index is 13.0. The number of hydrogen-bond donors (Lipinski definition) is 2. The van der Waals surface area contributed by atoms with Gasteiger partial charge in [-0.25, -0.2) is 0 Å². The van der Waals surface area contributed by atoms with Crippen LogP contribution >= 0.6 is 0 Å². The minimum absolute atomic E-state index is 0.128. The van der Waals surface area contributed by atoms with Crippen LogP contribution in [0.1, 0.15) is 45.4 Å². The number of carbonyl (C=O) groups is 1. The van der Waals surface area contributed by atoms with E-state index in [1.54, 1.807) is 0 Å². The zero-order chi connectivity index (χ0) is 14.8. The topological polar surface area (TPSA) is 41.1 Å². The highest BCUT2D eigenvalue weighted by Crippen LogP contribution is 2.37. The molecule has 1 saturated heterocycles. The summed E-state index contributed by atoms with van der Waals surface area (Å²) in [7, 11) is 0. The quantitative estimate of drug-likeness (QED) is 0.821. The van der Waals surface area contributed by atoms with Crippen molar-refractivity contribution in [1.29, 1.82) is 0 Å². The van der Waals surface area contributed by atoms with Gasteiger partial charge in [0.25, 0.3) is 0 Å². The number of piperidine rings is 1. The lowest BCUT2D eigenvalue weighted by Gasteiger charge is -2.35. The fourth-order valence-corrected chi connectivity index (χ4v) is 3.29. The first kappa shape index (κ1) is 15.6. The average Bonchev–Trinajstić information content (AvgIpc) is 2.38. The van der Waals surface area contributed by atoms with E-state index in [1.165, 1.54) is 0 Å². The van der Waals surface area contributed by atoms with Gasteiger partial charge in [-0.05, 0) is 38.1 Å². The molecule has 1 heterocycles. The summed E-state index contributed by atoms with van der Waals surface area (Å²) >= 11 is 0. The van der Waals surface area contributed by atoms with Gasteiger partial charge < -0.3 is 10.6 Å². The van der Waals surface area contributed by atoms with Gasteiger partial charge in [-0.15, -0.1) is 0 Å². The molecule has 2 rings (SSSR count). The summed E-state index contributed by atoms with van der Waals surface area (Å²) in [6.45, 7) is 2.83. The average molecular weight is 292 g/mol. The number of nitrogens with one attached hydrogen (secondary N) is 2. The molecule has 2 aliphatic rings. The lowest BCUT2D eigenvalue weighted by molar-refractivity contribution is -0.189. The first-order valence-corrected chi connectivity index (χ1v) is 7.48. The van der Waals surface area contributed by atoms with E-state index in [0.29, 0.717) is 25.2 Å². The normalized spacial score (nSPS) is 35.6. The molecule has 2 fully saturated rings. The van der Waals surface area contributed by atoms with Gasteiger partial charge in [0.15, 0.2) is 0 Å². The van der Waals surface area contributed by atoms with Crippen molar-refractivity contribution >= 4 is 5.91 Å². The molecule has 20 heavy (non-hydrogen) atoms. The SMILES string of the molecule is CC1CCNC(C(=O)NC2CCCCC2C(F)(F)F)C1. The monoisotopic (exact) mass is 292 g/mol. The Morgan fingerprint density at radius 2 is 1.90 bits per heavy atom. The van der Waals surface area contributed by atoms with Crippen LogP contribution < -0.4 is 10.6 Å². The molecule has 0 spiro atoms. The highest BCUT2D eigenvalue weighted by atomic mass is 19.4. The molecule has 3 nitrogen and oxygen atoms in total. The first-order valence-electron chi connectivity index (χ1n) is 7.48. The Morgan fingerprint density at radius 3 is 2.55 bits per heavy atom. The van der Waals surface area contributed by atoms with Crippen LogP contribution in [0.4, 0.5) is 13.2 Å². The molecule has 1 amide bonds. The minimum Gasteiger partial charge on any atom is -0.351 e. The van der Waals surface area contributed by atoms with Crippen LogP contribution in [0.5, 0.6) is 0 Å². The molecule has 0 radical (unpaired) electrons. The van der Waals surface area contributed by atoms with E-state index in [0.717, 1.165) is 19.4 Å². The van der Waals surface area contributed by atoms with Crippen molar-refractivity contribution < 1.29 is 18.0 Å². The Kier molecular flexibility index (Phi) is 4.94. The van der Waals surface area contributed by atoms with Crippen LogP contribution in [0.3, 0.4) is 0 Å². The zero-order valence-electron chi connectivity index (χ0n) is 11.8. The van der Waals surface area contributed by atoms with Crippen LogP contribution in [0, 0.1) is 11.8 Å². The number of rotatable bonds is 2. The maximum Gasteiger partial charge on any atom is 0.393 e. The molecule has 4 unspecified atom stereocenters. The maximum absolute atomic E-state index is 13.0. The molecule has 0 aromatic rings. The van der Waals surface area contributed by atoms with Gasteiger partial charge in [0, 0.05) is 6.04 Å². The predicted octanol–water partition coefficient (Wildman–Crippen LogP) is 2.61. The van der Waals surface area contributed by atoms with Crippen molar-refractivity contribution in [3.63, 3.8) is 0 Å². The Morgan fingerprint density at radius 1 is 1.20 bits per heavy atom. The lowest BCUT2D eigenvalue weighted by atomic mass is 9.83. The summed E-state index contributed by atoms with van der Waals surface area (Å²) < 4.78 is 38.9. The van der Waals surface area contributed by atoms with E-state index < -0.39 is 18.1 Å². The lowest BCUT2D eigenvalue weighted by Crippen LogP contribution is -2.54. The highest BCUT2D eigenvalue weighted by Gasteiger charge is 2.46. The Bertz CT molecular complexity index is 346. The molecule has 1 saturated carbocycles. The van der Waals surface area contributed by atoms with Gasteiger partial charge >= 0.3 is 6.18 Å². The van der Waals surface area contributed by atoms with E-state index in [-0.39, 0.29) is 18.4 Å². The number of halogens is 3. The van der Waals surface area contributed by atoms with Crippen molar-refractivity contribution in [2.75, 3.05) is 6.54 Å². The molecule has 1 aliphatic carbocycles. The number of hydrogen-bond acceptors (Lipinski definition) is 2. The molecule has 0 bridgehead atoms. The molecule has 2 N–H and O–H groups in total. The molecule has 4 atom stereocenters. The molecule has 1 aliphatic heterocycles. The second-order valence-corrected chi connectivity index (χ2v) is 6.18. The molecular weight excluding hydrogens is 269 g/mol. The Hall–Kier alpha value is -0.780. The third-order valence-electron chi connectivity index (χ3n) is 4.50. The van der Waals surface area contributed by atoms with E-state index in [2.05, 4.69) is 17.6 Å². The minimum atomic E-state index is -4.22. The van der Waals surface area contributed by atoms with E-state index in [9.17, 15) is 18.0 Å². The highest BCUT2D eigenvalue weighted by molar-refractivity contribution is 5.82. The zero-order valence-corrected chi connectivity index (χ0v) is 11.8. The van der Waals surface area contributed by atoms with Crippen molar-refractivity contribution in [3.8, 4) is 0 Å². The summed E-state index contributed by atoms with van der Waals surface area (Å²) in [5.41, 5.74) is 0. The number of amides is 1. The van der Waals surface area contributed by atoms with E-state index >= 15 is 0 Å². The molecule has 0 aromatic heterocycles. The van der Waals surface area contributed by atoms with Crippen molar-refractivity contribution in [1.82, 2.24) is 10.6 Å². The summed E-state index contributed by atoms with van der Waals surface area (Å²) in [5.74, 6) is -1.21. The molecule has 0 aromatic carbocycles. The van der Waals surface area contributed by atoms with Gasteiger partial charge in [-0.3, -0.25) is 4.79 Å². The van der Waals surface area contributed by atoms with E-state index in [1.807, 2.05) is 0 Å². The number of carbonyl (C=O) groups excluding carboxylic acids is 1. The number of alkyl halides is 3. The van der Waals surface area contributed by atoms with Gasteiger partial charge in [0.1, 0.15) is 0 Å². The standard InChI is InChI=1S/C14H23F3N2O/c1-9-6-7-18-12(8-9)13(20)19-11-5-3-2-4-10(11)14(15,16)17/h9-12,18H,2-8H2,1H3,(H,19,20). The van der Waals surface area contributed by atoms with Crippen LogP contribution in [0.15, 0.2) is 0 Å². The van der Waals surface area contributed by atoms with E-state index in [4.69, 9.17) is 0 Å². The van der Waals surface area contributed by atoms with Crippen LogP contribution in [-0.4, -0.2) is 30.7 Å². The Labute approximate surface area is 117 Å². The van der Waals surface area contributed by atoms with Gasteiger partial charge in [-0.1, -0.05) is 19.8 Å². The molecule has 6 heteroatoms. The predicted molar refractivity (Wildman–Crippen MR) is 70.1 cm³/mol. The van der Waals surface area contributed by atoms with Crippen LogP contribution in [0.25, 0.3) is 0 Å². The van der Waals surface area contributed by atoms with Crippen molar-refractivity contribution in [2.45, 2.75) is 63.7 Å². The van der Waals surface area contributed by atoms with Gasteiger partial charge in [-0.2, -0.15) is 13.2 Å². The first-order chi connectivity index (χ1) is 9.38. The summed E-state index contributed by atoms with van der Waals surface area (Å²) in [6.07, 6.45) is -0.596. The summed E-state index contributed by atoms with van der Waals surface area (Å²) in [4.78, 5) is 12.1. The van der Waals surface area contributed by atoms with Crippen molar-refractivity contribution in [3.05, 3.63) is 0 Å². The summed E-state index contributed by atoms with van der Waals surface area (Å²) in [6, 6.07) is -1.09.